The summed E-state index contributed by atoms with van der Waals surface area (Å²) in [5.41, 5.74) is 2.59. The highest BCUT2D eigenvalue weighted by molar-refractivity contribution is 5.21. The summed E-state index contributed by atoms with van der Waals surface area (Å²) in [4.78, 5) is 4.27. The highest BCUT2D eigenvalue weighted by Gasteiger charge is 2.02. The van der Waals surface area contributed by atoms with E-state index in [9.17, 15) is 0 Å². The molecule has 0 aliphatic carbocycles. The molecule has 0 aliphatic rings. The van der Waals surface area contributed by atoms with Gasteiger partial charge in [-0.3, -0.25) is 0 Å². The van der Waals surface area contributed by atoms with E-state index >= 15 is 0 Å². The van der Waals surface area contributed by atoms with Gasteiger partial charge in [-0.2, -0.15) is 5.10 Å². The van der Waals surface area contributed by atoms with E-state index < -0.39 is 0 Å². The van der Waals surface area contributed by atoms with Crippen molar-refractivity contribution in [3.05, 3.63) is 47.5 Å². The van der Waals surface area contributed by atoms with E-state index in [1.54, 1.807) is 6.33 Å². The zero-order valence-electron chi connectivity index (χ0n) is 11.1. The Balaban J connectivity index is 1.84. The molecule has 0 amide bonds. The molecule has 0 radical (unpaired) electrons. The summed E-state index contributed by atoms with van der Waals surface area (Å²) in [6, 6.07) is 8.57. The maximum atomic E-state index is 4.27. The Kier molecular flexibility index (Phi) is 4.47. The molecular formula is C14H20N4. The van der Waals surface area contributed by atoms with Gasteiger partial charge in [0.05, 0.1) is 6.54 Å². The van der Waals surface area contributed by atoms with Crippen LogP contribution in [-0.2, 0) is 19.6 Å². The van der Waals surface area contributed by atoms with Gasteiger partial charge in [0.1, 0.15) is 12.2 Å². The zero-order chi connectivity index (χ0) is 12.8. The average Bonchev–Trinajstić information content (AvgIpc) is 2.80. The standard InChI is InChI=1S/C14H20N4/c1-3-8-18-14(16-11-17-18)10-15-9-13-6-4-12(2)5-7-13/h4-7,11,15H,3,8-10H2,1-2H3. The number of hydrogen-bond donors (Lipinski definition) is 1. The van der Waals surface area contributed by atoms with Crippen LogP contribution in [0.1, 0.15) is 30.3 Å². The van der Waals surface area contributed by atoms with Gasteiger partial charge in [0.2, 0.25) is 0 Å². The van der Waals surface area contributed by atoms with Crippen LogP contribution in [0.3, 0.4) is 0 Å². The number of aryl methyl sites for hydroxylation is 2. The van der Waals surface area contributed by atoms with Crippen LogP contribution in [0.5, 0.6) is 0 Å². The average molecular weight is 244 g/mol. The molecule has 1 aromatic heterocycles. The molecule has 2 rings (SSSR count). The van der Waals surface area contributed by atoms with E-state index in [0.717, 1.165) is 31.9 Å². The zero-order valence-corrected chi connectivity index (χ0v) is 11.1. The van der Waals surface area contributed by atoms with Crippen molar-refractivity contribution in [1.82, 2.24) is 20.1 Å². The third kappa shape index (κ3) is 3.40. The molecule has 96 valence electrons. The van der Waals surface area contributed by atoms with Gasteiger partial charge in [-0.1, -0.05) is 36.8 Å². The number of benzene rings is 1. The molecule has 4 nitrogen and oxygen atoms in total. The fourth-order valence-corrected chi connectivity index (χ4v) is 1.85. The van der Waals surface area contributed by atoms with E-state index in [4.69, 9.17) is 0 Å². The summed E-state index contributed by atoms with van der Waals surface area (Å²) in [6.45, 7) is 6.80. The molecule has 2 aromatic rings. The number of nitrogens with one attached hydrogen (secondary N) is 1. The van der Waals surface area contributed by atoms with Crippen LogP contribution in [0.25, 0.3) is 0 Å². The van der Waals surface area contributed by atoms with E-state index in [0.29, 0.717) is 0 Å². The van der Waals surface area contributed by atoms with Crippen molar-refractivity contribution < 1.29 is 0 Å². The highest BCUT2D eigenvalue weighted by Crippen LogP contribution is 2.03. The molecule has 1 aromatic carbocycles. The molecule has 18 heavy (non-hydrogen) atoms. The summed E-state index contributed by atoms with van der Waals surface area (Å²) in [6.07, 6.45) is 2.70. The van der Waals surface area contributed by atoms with Crippen LogP contribution < -0.4 is 5.32 Å². The minimum absolute atomic E-state index is 0.758. The van der Waals surface area contributed by atoms with Crippen molar-refractivity contribution in [2.75, 3.05) is 0 Å². The second-order valence-electron chi connectivity index (χ2n) is 4.49. The van der Waals surface area contributed by atoms with Gasteiger partial charge in [0.25, 0.3) is 0 Å². The largest absolute Gasteiger partial charge is 0.306 e. The predicted octanol–water partition coefficient (Wildman–Crippen LogP) is 2.29. The molecule has 1 heterocycles. The van der Waals surface area contributed by atoms with Gasteiger partial charge >= 0.3 is 0 Å². The SMILES string of the molecule is CCCn1ncnc1CNCc1ccc(C)cc1. The number of rotatable bonds is 6. The lowest BCUT2D eigenvalue weighted by Gasteiger charge is -2.06. The fraction of sp³-hybridized carbons (Fsp3) is 0.429. The lowest BCUT2D eigenvalue weighted by atomic mass is 10.1. The quantitative estimate of drug-likeness (QED) is 0.847. The van der Waals surface area contributed by atoms with Crippen molar-refractivity contribution in [1.29, 1.82) is 0 Å². The number of aromatic nitrogens is 3. The summed E-state index contributed by atoms with van der Waals surface area (Å²) >= 11 is 0. The molecule has 1 N–H and O–H groups in total. The van der Waals surface area contributed by atoms with Crippen molar-refractivity contribution in [3.63, 3.8) is 0 Å². The molecule has 0 saturated carbocycles. The Morgan fingerprint density at radius 2 is 1.94 bits per heavy atom. The predicted molar refractivity (Wildman–Crippen MR) is 72.0 cm³/mol. The van der Waals surface area contributed by atoms with Gasteiger partial charge in [-0.05, 0) is 18.9 Å². The highest BCUT2D eigenvalue weighted by atomic mass is 15.3. The van der Waals surface area contributed by atoms with Crippen LogP contribution in [-0.4, -0.2) is 14.8 Å². The van der Waals surface area contributed by atoms with Crippen molar-refractivity contribution >= 4 is 0 Å². The molecule has 0 spiro atoms. The van der Waals surface area contributed by atoms with Crippen molar-refractivity contribution in [3.8, 4) is 0 Å². The summed E-state index contributed by atoms with van der Waals surface area (Å²) in [7, 11) is 0. The first kappa shape index (κ1) is 12.8. The molecule has 4 heteroatoms. The van der Waals surface area contributed by atoms with E-state index in [1.807, 2.05) is 4.68 Å². The Morgan fingerprint density at radius 1 is 1.17 bits per heavy atom. The topological polar surface area (TPSA) is 42.7 Å². The Hall–Kier alpha value is -1.68. The van der Waals surface area contributed by atoms with Gasteiger partial charge in [0, 0.05) is 13.1 Å². The normalized spacial score (nSPS) is 10.8. The second-order valence-corrected chi connectivity index (χ2v) is 4.49. The minimum atomic E-state index is 0.758. The summed E-state index contributed by atoms with van der Waals surface area (Å²) < 4.78 is 1.96. The first-order valence-corrected chi connectivity index (χ1v) is 6.42. The second kappa shape index (κ2) is 6.31. The minimum Gasteiger partial charge on any atom is -0.306 e. The van der Waals surface area contributed by atoms with Crippen LogP contribution in [0.4, 0.5) is 0 Å². The van der Waals surface area contributed by atoms with E-state index in [2.05, 4.69) is 53.5 Å². The first-order valence-electron chi connectivity index (χ1n) is 6.42. The van der Waals surface area contributed by atoms with E-state index in [1.165, 1.54) is 11.1 Å². The van der Waals surface area contributed by atoms with Crippen LogP contribution >= 0.6 is 0 Å². The fourth-order valence-electron chi connectivity index (χ4n) is 1.85. The summed E-state index contributed by atoms with van der Waals surface area (Å²) in [5, 5.41) is 7.61. The number of nitrogens with zero attached hydrogens (tertiary/aromatic N) is 3. The molecule has 0 atom stereocenters. The smallest absolute Gasteiger partial charge is 0.140 e. The van der Waals surface area contributed by atoms with Crippen LogP contribution in [0.15, 0.2) is 30.6 Å². The van der Waals surface area contributed by atoms with Gasteiger partial charge in [-0.15, -0.1) is 0 Å². The molecule has 0 fully saturated rings. The van der Waals surface area contributed by atoms with Crippen molar-refractivity contribution in [2.45, 2.75) is 39.9 Å². The summed E-state index contributed by atoms with van der Waals surface area (Å²) in [5.74, 6) is 1.00. The Morgan fingerprint density at radius 3 is 2.67 bits per heavy atom. The van der Waals surface area contributed by atoms with Crippen LogP contribution in [0, 0.1) is 6.92 Å². The van der Waals surface area contributed by atoms with Gasteiger partial charge < -0.3 is 5.32 Å². The Labute approximate surface area is 108 Å². The Bertz CT molecular complexity index is 473. The lowest BCUT2D eigenvalue weighted by Crippen LogP contribution is -2.17. The van der Waals surface area contributed by atoms with Crippen LogP contribution in [0.2, 0.25) is 0 Å². The molecule has 0 saturated heterocycles. The molecule has 0 bridgehead atoms. The monoisotopic (exact) mass is 244 g/mol. The maximum Gasteiger partial charge on any atom is 0.140 e. The maximum absolute atomic E-state index is 4.27. The molecule has 0 unspecified atom stereocenters. The third-order valence-electron chi connectivity index (χ3n) is 2.86. The van der Waals surface area contributed by atoms with Gasteiger partial charge in [-0.25, -0.2) is 9.67 Å². The molecule has 0 aliphatic heterocycles. The van der Waals surface area contributed by atoms with E-state index in [-0.39, 0.29) is 0 Å². The third-order valence-corrected chi connectivity index (χ3v) is 2.86. The van der Waals surface area contributed by atoms with Crippen molar-refractivity contribution in [2.24, 2.45) is 0 Å². The molecular weight excluding hydrogens is 224 g/mol. The van der Waals surface area contributed by atoms with Gasteiger partial charge in [0.15, 0.2) is 0 Å². The first-order chi connectivity index (χ1) is 8.79. The lowest BCUT2D eigenvalue weighted by molar-refractivity contribution is 0.542. The number of hydrogen-bond acceptors (Lipinski definition) is 3.